The summed E-state index contributed by atoms with van der Waals surface area (Å²) in [6, 6.07) is 0. The summed E-state index contributed by atoms with van der Waals surface area (Å²) in [5.74, 6) is 0. The predicted molar refractivity (Wildman–Crippen MR) is 26.4 cm³/mol. The van der Waals surface area contributed by atoms with Gasteiger partial charge in [-0.3, -0.25) is 0 Å². The standard InChI is InChI=1S/C3H3F5O4S/c4-2(5,6)1-3(7,8)12-13(9,10)11/h1H2,(H,9,10,11)/p-1. The van der Waals surface area contributed by atoms with E-state index in [4.69, 9.17) is 0 Å². The Morgan fingerprint density at radius 2 is 1.54 bits per heavy atom. The van der Waals surface area contributed by atoms with E-state index in [9.17, 15) is 34.9 Å². The van der Waals surface area contributed by atoms with Crippen LogP contribution in [0.4, 0.5) is 22.0 Å². The van der Waals surface area contributed by atoms with Crippen molar-refractivity contribution in [1.82, 2.24) is 0 Å². The summed E-state index contributed by atoms with van der Waals surface area (Å²) in [4.78, 5) is 0. The fourth-order valence-corrected chi connectivity index (χ4v) is 0.770. The van der Waals surface area contributed by atoms with Crippen LogP contribution in [0.3, 0.4) is 0 Å². The van der Waals surface area contributed by atoms with Gasteiger partial charge in [-0.15, -0.1) is 0 Å². The van der Waals surface area contributed by atoms with Gasteiger partial charge in [0, 0.05) is 0 Å². The van der Waals surface area contributed by atoms with E-state index >= 15 is 0 Å². The normalized spacial score (nSPS) is 14.6. The van der Waals surface area contributed by atoms with Gasteiger partial charge >= 0.3 is 12.3 Å². The summed E-state index contributed by atoms with van der Waals surface area (Å²) in [6.07, 6.45) is -13.2. The van der Waals surface area contributed by atoms with Crippen molar-refractivity contribution < 1.29 is 39.1 Å². The minimum absolute atomic E-state index is 2.36. The van der Waals surface area contributed by atoms with Gasteiger partial charge in [0.15, 0.2) is 0 Å². The lowest BCUT2D eigenvalue weighted by atomic mass is 10.4. The molecule has 0 unspecified atom stereocenters. The van der Waals surface area contributed by atoms with Crippen molar-refractivity contribution in [2.45, 2.75) is 18.7 Å². The maximum absolute atomic E-state index is 11.9. The zero-order valence-electron chi connectivity index (χ0n) is 5.64. The minimum Gasteiger partial charge on any atom is -0.725 e. The fraction of sp³-hybridized carbons (Fsp3) is 1.00. The summed E-state index contributed by atoms with van der Waals surface area (Å²) < 4.78 is 88.5. The number of hydrogen-bond donors (Lipinski definition) is 0. The fourth-order valence-electron chi connectivity index (χ4n) is 0.412. The molecule has 0 fully saturated rings. The first kappa shape index (κ1) is 12.5. The Bertz CT molecular complexity index is 266. The van der Waals surface area contributed by atoms with Gasteiger partial charge in [0.05, 0.1) is 0 Å². The van der Waals surface area contributed by atoms with Crippen molar-refractivity contribution >= 4 is 10.4 Å². The van der Waals surface area contributed by atoms with Crippen LogP contribution in [0, 0.1) is 0 Å². The molecule has 0 amide bonds. The third-order valence-corrected chi connectivity index (χ3v) is 1.08. The van der Waals surface area contributed by atoms with E-state index in [0.717, 1.165) is 0 Å². The molecule has 0 rings (SSSR count). The van der Waals surface area contributed by atoms with Crippen molar-refractivity contribution in [3.63, 3.8) is 0 Å². The molecule has 0 heterocycles. The molecule has 0 aliphatic carbocycles. The number of alkyl halides is 5. The Balaban J connectivity index is 4.43. The molecule has 0 aliphatic heterocycles. The van der Waals surface area contributed by atoms with Crippen LogP contribution >= 0.6 is 0 Å². The van der Waals surface area contributed by atoms with Crippen LogP contribution in [-0.4, -0.2) is 25.3 Å². The van der Waals surface area contributed by atoms with Crippen LogP contribution in [0.5, 0.6) is 0 Å². The topological polar surface area (TPSA) is 66.4 Å². The summed E-state index contributed by atoms with van der Waals surface area (Å²) in [5, 5.41) is 0. The third-order valence-electron chi connectivity index (χ3n) is 0.630. The van der Waals surface area contributed by atoms with Gasteiger partial charge in [0.25, 0.3) is 0 Å². The maximum Gasteiger partial charge on any atom is 0.397 e. The molecule has 0 saturated carbocycles. The molecule has 0 bridgehead atoms. The molecule has 10 heteroatoms. The van der Waals surface area contributed by atoms with E-state index < -0.39 is 29.1 Å². The highest BCUT2D eigenvalue weighted by atomic mass is 32.3. The Morgan fingerprint density at radius 1 is 1.15 bits per heavy atom. The molecule has 0 aliphatic rings. The first-order valence-corrected chi connectivity index (χ1v) is 3.86. The molecule has 0 radical (unpaired) electrons. The van der Waals surface area contributed by atoms with Crippen LogP contribution in [-0.2, 0) is 14.6 Å². The Labute approximate surface area is 69.2 Å². The Kier molecular flexibility index (Phi) is 3.22. The molecule has 0 atom stereocenters. The molecule has 0 aromatic carbocycles. The van der Waals surface area contributed by atoms with E-state index in [-0.39, 0.29) is 0 Å². The van der Waals surface area contributed by atoms with Crippen molar-refractivity contribution in [2.75, 3.05) is 0 Å². The highest BCUT2D eigenvalue weighted by molar-refractivity contribution is 7.80. The molecular formula is C3H2F5O4S-. The second kappa shape index (κ2) is 3.35. The highest BCUT2D eigenvalue weighted by Crippen LogP contribution is 2.32. The average molecular weight is 229 g/mol. The molecular weight excluding hydrogens is 227 g/mol. The van der Waals surface area contributed by atoms with E-state index in [1.807, 2.05) is 0 Å². The van der Waals surface area contributed by atoms with E-state index in [2.05, 4.69) is 4.18 Å². The Hall–Kier alpha value is -0.480. The molecule has 0 aromatic rings. The molecule has 4 nitrogen and oxygen atoms in total. The van der Waals surface area contributed by atoms with Crippen LogP contribution in [0.15, 0.2) is 0 Å². The van der Waals surface area contributed by atoms with E-state index in [1.165, 1.54) is 0 Å². The first-order valence-electron chi connectivity index (χ1n) is 2.52. The smallest absolute Gasteiger partial charge is 0.397 e. The monoisotopic (exact) mass is 229 g/mol. The highest BCUT2D eigenvalue weighted by Gasteiger charge is 2.46. The average Bonchev–Trinajstić information content (AvgIpc) is 1.43. The van der Waals surface area contributed by atoms with Crippen LogP contribution < -0.4 is 0 Å². The predicted octanol–water partition coefficient (Wildman–Crippen LogP) is 1.01. The van der Waals surface area contributed by atoms with Crippen molar-refractivity contribution in [1.29, 1.82) is 0 Å². The number of rotatable bonds is 3. The summed E-state index contributed by atoms with van der Waals surface area (Å²) in [6.45, 7) is 0. The van der Waals surface area contributed by atoms with Crippen LogP contribution in [0.25, 0.3) is 0 Å². The molecule has 13 heavy (non-hydrogen) atoms. The zero-order chi connectivity index (χ0) is 10.9. The van der Waals surface area contributed by atoms with E-state index in [1.54, 1.807) is 0 Å². The lowest BCUT2D eigenvalue weighted by Crippen LogP contribution is -2.31. The summed E-state index contributed by atoms with van der Waals surface area (Å²) in [5.41, 5.74) is 0. The van der Waals surface area contributed by atoms with Gasteiger partial charge < -0.3 is 4.55 Å². The number of halogens is 5. The SMILES string of the molecule is O=S(=O)([O-])OC(F)(F)CC(F)(F)F. The summed E-state index contributed by atoms with van der Waals surface area (Å²) >= 11 is 0. The quantitative estimate of drug-likeness (QED) is 0.411. The van der Waals surface area contributed by atoms with Gasteiger partial charge in [0.1, 0.15) is 6.42 Å². The molecule has 80 valence electrons. The molecule has 0 aromatic heterocycles. The number of hydrogen-bond acceptors (Lipinski definition) is 4. The Morgan fingerprint density at radius 3 is 1.77 bits per heavy atom. The molecule has 0 saturated heterocycles. The van der Waals surface area contributed by atoms with Crippen LogP contribution in [0.2, 0.25) is 0 Å². The van der Waals surface area contributed by atoms with Crippen LogP contribution in [0.1, 0.15) is 6.42 Å². The maximum atomic E-state index is 11.9. The largest absolute Gasteiger partial charge is 0.725 e. The summed E-state index contributed by atoms with van der Waals surface area (Å²) in [7, 11) is -5.85. The third kappa shape index (κ3) is 7.87. The minimum atomic E-state index is -5.85. The second-order valence-electron chi connectivity index (χ2n) is 1.92. The van der Waals surface area contributed by atoms with Gasteiger partial charge in [-0.25, -0.2) is 12.6 Å². The van der Waals surface area contributed by atoms with Crippen molar-refractivity contribution in [3.8, 4) is 0 Å². The lowest BCUT2D eigenvalue weighted by Gasteiger charge is -2.19. The molecule has 0 spiro atoms. The van der Waals surface area contributed by atoms with E-state index in [0.29, 0.717) is 0 Å². The lowest BCUT2D eigenvalue weighted by molar-refractivity contribution is -0.255. The van der Waals surface area contributed by atoms with Gasteiger partial charge in [-0.05, 0) is 0 Å². The van der Waals surface area contributed by atoms with Gasteiger partial charge in [-0.2, -0.15) is 22.0 Å². The van der Waals surface area contributed by atoms with Gasteiger partial charge in [-0.1, -0.05) is 0 Å². The first-order chi connectivity index (χ1) is 5.41. The van der Waals surface area contributed by atoms with Gasteiger partial charge in [0.2, 0.25) is 10.4 Å². The second-order valence-corrected chi connectivity index (χ2v) is 2.90. The van der Waals surface area contributed by atoms with Crippen molar-refractivity contribution in [3.05, 3.63) is 0 Å². The zero-order valence-corrected chi connectivity index (χ0v) is 6.45. The molecule has 0 N–H and O–H groups in total. The van der Waals surface area contributed by atoms with Crippen molar-refractivity contribution in [2.24, 2.45) is 0 Å².